The fraction of sp³-hybridized carbons (Fsp3) is 0.368. The Morgan fingerprint density at radius 3 is 2.62 bits per heavy atom. The highest BCUT2D eigenvalue weighted by molar-refractivity contribution is 6.34. The Morgan fingerprint density at radius 2 is 1.96 bits per heavy atom. The maximum atomic E-state index is 12.5. The van der Waals surface area contributed by atoms with Crippen molar-refractivity contribution in [3.63, 3.8) is 0 Å². The molecule has 2 rings (SSSR count). The monoisotopic (exact) mass is 345 g/mol. The number of halogens is 1. The molecule has 0 spiro atoms. The lowest BCUT2D eigenvalue weighted by atomic mass is 10.1. The van der Waals surface area contributed by atoms with Crippen molar-refractivity contribution in [2.45, 2.75) is 34.1 Å². The minimum absolute atomic E-state index is 0.219. The van der Waals surface area contributed by atoms with Gasteiger partial charge in [-0.25, -0.2) is 0 Å². The molecule has 1 aromatic heterocycles. The molecule has 0 aliphatic rings. The van der Waals surface area contributed by atoms with Crippen molar-refractivity contribution in [1.29, 1.82) is 0 Å². The summed E-state index contributed by atoms with van der Waals surface area (Å²) in [5, 5.41) is 6.72. The average molecular weight is 346 g/mol. The summed E-state index contributed by atoms with van der Waals surface area (Å²) in [5.41, 5.74) is 3.99. The third kappa shape index (κ3) is 4.96. The van der Waals surface area contributed by atoms with Crippen molar-refractivity contribution in [1.82, 2.24) is 4.98 Å². The van der Waals surface area contributed by atoms with Crippen LogP contribution in [0.15, 0.2) is 30.6 Å². The molecular formula is C19H24ClN3O. The predicted octanol–water partition coefficient (Wildman–Crippen LogP) is 5.06. The van der Waals surface area contributed by atoms with E-state index < -0.39 is 0 Å². The third-order valence-electron chi connectivity index (χ3n) is 3.72. The quantitative estimate of drug-likeness (QED) is 0.769. The first-order chi connectivity index (χ1) is 11.4. The van der Waals surface area contributed by atoms with E-state index in [1.807, 2.05) is 26.0 Å². The van der Waals surface area contributed by atoms with Crippen molar-refractivity contribution in [2.24, 2.45) is 5.92 Å². The Balaban J connectivity index is 2.10. The second-order valence-corrected chi connectivity index (χ2v) is 6.87. The number of carbonyl (C=O) groups excluding carboxylic acids is 1. The number of nitrogens with one attached hydrogen (secondary N) is 2. The fourth-order valence-electron chi connectivity index (χ4n) is 2.43. The normalized spacial score (nSPS) is 10.8. The Kier molecular flexibility index (Phi) is 6.21. The van der Waals surface area contributed by atoms with Crippen LogP contribution in [0.1, 0.15) is 41.8 Å². The van der Waals surface area contributed by atoms with Gasteiger partial charge in [0.2, 0.25) is 0 Å². The number of aryl methyl sites for hydroxylation is 2. The van der Waals surface area contributed by atoms with Gasteiger partial charge in [0.15, 0.2) is 0 Å². The van der Waals surface area contributed by atoms with E-state index in [9.17, 15) is 4.79 Å². The summed E-state index contributed by atoms with van der Waals surface area (Å²) in [6, 6.07) is 5.63. The summed E-state index contributed by atoms with van der Waals surface area (Å²) >= 11 is 6.25. The zero-order chi connectivity index (χ0) is 17.7. The SMILES string of the molecule is Cc1cc(C)c(NC(=O)c2cncc(NCCC(C)C)c2)c(Cl)c1. The first-order valence-electron chi connectivity index (χ1n) is 8.14. The Hall–Kier alpha value is -2.07. The molecular weight excluding hydrogens is 322 g/mol. The fourth-order valence-corrected chi connectivity index (χ4v) is 2.79. The van der Waals surface area contributed by atoms with E-state index in [1.54, 1.807) is 18.5 Å². The molecule has 0 radical (unpaired) electrons. The lowest BCUT2D eigenvalue weighted by Crippen LogP contribution is -2.14. The largest absolute Gasteiger partial charge is 0.384 e. The molecule has 128 valence electrons. The number of carbonyl (C=O) groups is 1. The van der Waals surface area contributed by atoms with Gasteiger partial charge < -0.3 is 10.6 Å². The van der Waals surface area contributed by atoms with Gasteiger partial charge >= 0.3 is 0 Å². The van der Waals surface area contributed by atoms with Crippen molar-refractivity contribution in [3.8, 4) is 0 Å². The van der Waals surface area contributed by atoms with Gasteiger partial charge in [-0.2, -0.15) is 0 Å². The highest BCUT2D eigenvalue weighted by atomic mass is 35.5. The van der Waals surface area contributed by atoms with E-state index in [2.05, 4.69) is 29.5 Å². The number of rotatable bonds is 6. The number of amides is 1. The van der Waals surface area contributed by atoms with Crippen molar-refractivity contribution >= 4 is 28.9 Å². The van der Waals surface area contributed by atoms with E-state index in [0.717, 1.165) is 29.8 Å². The van der Waals surface area contributed by atoms with Crippen molar-refractivity contribution in [3.05, 3.63) is 52.3 Å². The summed E-state index contributed by atoms with van der Waals surface area (Å²) < 4.78 is 0. The molecule has 1 heterocycles. The minimum atomic E-state index is -0.219. The van der Waals surface area contributed by atoms with Crippen LogP contribution in [0.2, 0.25) is 5.02 Å². The van der Waals surface area contributed by atoms with E-state index >= 15 is 0 Å². The van der Waals surface area contributed by atoms with Crippen LogP contribution in [0.5, 0.6) is 0 Å². The van der Waals surface area contributed by atoms with Crippen molar-refractivity contribution < 1.29 is 4.79 Å². The number of aromatic nitrogens is 1. The minimum Gasteiger partial charge on any atom is -0.384 e. The van der Waals surface area contributed by atoms with Crippen LogP contribution in [0.3, 0.4) is 0 Å². The number of benzene rings is 1. The van der Waals surface area contributed by atoms with Crippen LogP contribution in [0.25, 0.3) is 0 Å². The lowest BCUT2D eigenvalue weighted by Gasteiger charge is -2.12. The molecule has 0 saturated carbocycles. The smallest absolute Gasteiger partial charge is 0.257 e. The van der Waals surface area contributed by atoms with Gasteiger partial charge in [0.05, 0.1) is 22.0 Å². The molecule has 0 saturated heterocycles. The van der Waals surface area contributed by atoms with Crippen LogP contribution in [0, 0.1) is 19.8 Å². The number of pyridine rings is 1. The molecule has 0 atom stereocenters. The number of hydrogen-bond donors (Lipinski definition) is 2. The van der Waals surface area contributed by atoms with E-state index in [-0.39, 0.29) is 5.91 Å². The van der Waals surface area contributed by atoms with Crippen LogP contribution in [-0.4, -0.2) is 17.4 Å². The molecule has 2 N–H and O–H groups in total. The molecule has 0 bridgehead atoms. The maximum Gasteiger partial charge on any atom is 0.257 e. The average Bonchev–Trinajstić information content (AvgIpc) is 2.50. The summed E-state index contributed by atoms with van der Waals surface area (Å²) in [6.07, 6.45) is 4.34. The Labute approximate surface area is 148 Å². The van der Waals surface area contributed by atoms with Gasteiger partial charge in [-0.3, -0.25) is 9.78 Å². The number of nitrogens with zero attached hydrogens (tertiary/aromatic N) is 1. The zero-order valence-corrected chi connectivity index (χ0v) is 15.4. The van der Waals surface area contributed by atoms with Gasteiger partial charge in [-0.1, -0.05) is 31.5 Å². The van der Waals surface area contributed by atoms with Crippen molar-refractivity contribution in [2.75, 3.05) is 17.2 Å². The van der Waals surface area contributed by atoms with Crippen LogP contribution < -0.4 is 10.6 Å². The maximum absolute atomic E-state index is 12.5. The second kappa shape index (κ2) is 8.15. The predicted molar refractivity (Wildman–Crippen MR) is 101 cm³/mol. The standard InChI is InChI=1S/C19H24ClN3O/c1-12(2)5-6-22-16-9-15(10-21-11-16)19(24)23-18-14(4)7-13(3)8-17(18)20/h7-12,22H,5-6H2,1-4H3,(H,23,24). The van der Waals surface area contributed by atoms with Crippen LogP contribution in [-0.2, 0) is 0 Å². The summed E-state index contributed by atoms with van der Waals surface area (Å²) in [4.78, 5) is 16.6. The number of anilines is 2. The summed E-state index contributed by atoms with van der Waals surface area (Å²) in [6.45, 7) is 9.11. The second-order valence-electron chi connectivity index (χ2n) is 6.46. The molecule has 0 unspecified atom stereocenters. The van der Waals surface area contributed by atoms with Gasteiger partial charge in [0, 0.05) is 18.9 Å². The highest BCUT2D eigenvalue weighted by Gasteiger charge is 2.12. The molecule has 0 fully saturated rings. The first kappa shape index (κ1) is 18.3. The summed E-state index contributed by atoms with van der Waals surface area (Å²) in [5.74, 6) is 0.410. The van der Waals surface area contributed by atoms with Gasteiger partial charge in [0.1, 0.15) is 0 Å². The third-order valence-corrected chi connectivity index (χ3v) is 4.02. The summed E-state index contributed by atoms with van der Waals surface area (Å²) in [7, 11) is 0. The Morgan fingerprint density at radius 1 is 1.21 bits per heavy atom. The van der Waals surface area contributed by atoms with Gasteiger partial charge in [-0.15, -0.1) is 0 Å². The molecule has 5 heteroatoms. The highest BCUT2D eigenvalue weighted by Crippen LogP contribution is 2.27. The van der Waals surface area contributed by atoms with Crippen LogP contribution >= 0.6 is 11.6 Å². The van der Waals surface area contributed by atoms with E-state index in [4.69, 9.17) is 11.6 Å². The van der Waals surface area contributed by atoms with E-state index in [0.29, 0.717) is 22.2 Å². The van der Waals surface area contributed by atoms with Gasteiger partial charge in [0.25, 0.3) is 5.91 Å². The lowest BCUT2D eigenvalue weighted by molar-refractivity contribution is 0.102. The topological polar surface area (TPSA) is 54.0 Å². The van der Waals surface area contributed by atoms with Crippen LogP contribution in [0.4, 0.5) is 11.4 Å². The molecule has 2 aromatic rings. The Bertz CT molecular complexity index is 705. The zero-order valence-electron chi connectivity index (χ0n) is 14.6. The first-order valence-corrected chi connectivity index (χ1v) is 8.51. The molecule has 0 aliphatic carbocycles. The van der Waals surface area contributed by atoms with Gasteiger partial charge in [-0.05, 0) is 49.4 Å². The molecule has 24 heavy (non-hydrogen) atoms. The molecule has 4 nitrogen and oxygen atoms in total. The molecule has 0 aliphatic heterocycles. The number of hydrogen-bond acceptors (Lipinski definition) is 3. The molecule has 1 aromatic carbocycles. The molecule has 1 amide bonds. The van der Waals surface area contributed by atoms with E-state index in [1.165, 1.54) is 0 Å².